The van der Waals surface area contributed by atoms with Gasteiger partial charge in [0.1, 0.15) is 0 Å². The van der Waals surface area contributed by atoms with Crippen LogP contribution in [0.2, 0.25) is 0 Å². The Hall–Kier alpha value is -2.14. The highest BCUT2D eigenvalue weighted by atomic mass is 32.2. The second-order valence-corrected chi connectivity index (χ2v) is 7.84. The predicted octanol–water partition coefficient (Wildman–Crippen LogP) is 5.19. The first-order valence-electron chi connectivity index (χ1n) is 8.44. The van der Waals surface area contributed by atoms with Crippen LogP contribution in [0.25, 0.3) is 0 Å². The summed E-state index contributed by atoms with van der Waals surface area (Å²) in [6, 6.07) is 15.5. The summed E-state index contributed by atoms with van der Waals surface area (Å²) in [5.74, 6) is -0.724. The molecule has 0 atom stereocenters. The summed E-state index contributed by atoms with van der Waals surface area (Å²) in [6.07, 6.45) is 3.61. The molecule has 0 aliphatic heterocycles. The third-order valence-corrected chi connectivity index (χ3v) is 5.64. The molecule has 0 aromatic heterocycles. The van der Waals surface area contributed by atoms with Crippen molar-refractivity contribution in [2.24, 2.45) is 0 Å². The molecule has 2 rings (SSSR count). The highest BCUT2D eigenvalue weighted by molar-refractivity contribution is 7.89. The van der Waals surface area contributed by atoms with Crippen molar-refractivity contribution in [3.63, 3.8) is 0 Å². The fourth-order valence-corrected chi connectivity index (χ4v) is 3.75. The molecule has 0 amide bonds. The van der Waals surface area contributed by atoms with Crippen LogP contribution in [0.4, 0.5) is 4.39 Å². The van der Waals surface area contributed by atoms with Crippen molar-refractivity contribution >= 4 is 10.0 Å². The van der Waals surface area contributed by atoms with E-state index in [0.29, 0.717) is 6.42 Å². The third kappa shape index (κ3) is 5.16. The fraction of sp³-hybridized carbons (Fsp3) is 0.300. The molecule has 0 saturated heterocycles. The number of rotatable bonds is 8. The van der Waals surface area contributed by atoms with Crippen LogP contribution in [0.15, 0.2) is 71.5 Å². The fourth-order valence-electron chi connectivity index (χ4n) is 2.39. The molecule has 0 radical (unpaired) electrons. The van der Waals surface area contributed by atoms with Gasteiger partial charge in [0.05, 0.1) is 11.4 Å². The summed E-state index contributed by atoms with van der Waals surface area (Å²) < 4.78 is 41.5. The van der Waals surface area contributed by atoms with Crippen molar-refractivity contribution in [3.05, 3.63) is 77.8 Å². The highest BCUT2D eigenvalue weighted by Crippen LogP contribution is 2.24. The van der Waals surface area contributed by atoms with Crippen LogP contribution in [-0.4, -0.2) is 12.7 Å². The van der Waals surface area contributed by atoms with E-state index >= 15 is 0 Å². The summed E-state index contributed by atoms with van der Waals surface area (Å²) in [6.45, 7) is 3.85. The second kappa shape index (κ2) is 8.81. The molecule has 0 heterocycles. The first-order chi connectivity index (χ1) is 11.9. The Morgan fingerprint density at radius 1 is 1.08 bits per heavy atom. The molecule has 0 fully saturated rings. The summed E-state index contributed by atoms with van der Waals surface area (Å²) in [4.78, 5) is 0.0908. The van der Waals surface area contributed by atoms with Crippen LogP contribution >= 0.6 is 0 Å². The maximum atomic E-state index is 14.7. The highest BCUT2D eigenvalue weighted by Gasteiger charge is 2.27. The zero-order valence-corrected chi connectivity index (χ0v) is 15.5. The van der Waals surface area contributed by atoms with Crippen molar-refractivity contribution in [2.45, 2.75) is 44.6 Å². The van der Waals surface area contributed by atoms with E-state index in [0.717, 1.165) is 28.3 Å². The smallest absolute Gasteiger partial charge is 0.237 e. The molecule has 134 valence electrons. The molecule has 25 heavy (non-hydrogen) atoms. The van der Waals surface area contributed by atoms with Gasteiger partial charge in [0, 0.05) is 0 Å². The Morgan fingerprint density at radius 2 is 1.72 bits per heavy atom. The Kier molecular flexibility index (Phi) is 6.76. The van der Waals surface area contributed by atoms with E-state index in [4.69, 9.17) is 0 Å². The van der Waals surface area contributed by atoms with Gasteiger partial charge in [0.2, 0.25) is 0 Å². The van der Waals surface area contributed by atoms with Gasteiger partial charge in [-0.1, -0.05) is 61.4 Å². The maximum Gasteiger partial charge on any atom is 0.266 e. The largest absolute Gasteiger partial charge is 0.266 e. The monoisotopic (exact) mass is 361 g/mol. The van der Waals surface area contributed by atoms with Crippen molar-refractivity contribution in [3.8, 4) is 0 Å². The Morgan fingerprint density at radius 3 is 2.32 bits per heavy atom. The Labute approximate surface area is 149 Å². The minimum atomic E-state index is -3.96. The van der Waals surface area contributed by atoms with E-state index in [1.807, 2.05) is 32.0 Å². The molecule has 0 unspecified atom stereocenters. The third-order valence-electron chi connectivity index (χ3n) is 3.89. The SMILES string of the molecule is CCCC/C=C(\F)N(Cc1ccccc1)S(=O)(=O)c1ccc(C)cc1. The molecule has 5 heteroatoms. The minimum Gasteiger partial charge on any atom is -0.237 e. The number of hydrogen-bond acceptors (Lipinski definition) is 2. The van der Waals surface area contributed by atoms with E-state index in [1.54, 1.807) is 24.3 Å². The number of nitrogens with zero attached hydrogens (tertiary/aromatic N) is 1. The number of allylic oxidation sites excluding steroid dienone is 1. The van der Waals surface area contributed by atoms with Crippen molar-refractivity contribution < 1.29 is 12.8 Å². The van der Waals surface area contributed by atoms with Gasteiger partial charge in [-0.25, -0.2) is 12.7 Å². The van der Waals surface area contributed by atoms with Crippen LogP contribution in [0.3, 0.4) is 0 Å². The number of benzene rings is 2. The van der Waals surface area contributed by atoms with E-state index in [-0.39, 0.29) is 11.4 Å². The van der Waals surface area contributed by atoms with Gasteiger partial charge in [0.15, 0.2) is 5.95 Å². The topological polar surface area (TPSA) is 37.4 Å². The molecular weight excluding hydrogens is 337 g/mol. The van der Waals surface area contributed by atoms with Gasteiger partial charge in [-0.05, 0) is 43.5 Å². The lowest BCUT2D eigenvalue weighted by Crippen LogP contribution is -2.28. The van der Waals surface area contributed by atoms with Gasteiger partial charge in [-0.3, -0.25) is 0 Å². The van der Waals surface area contributed by atoms with Crippen LogP contribution in [0.1, 0.15) is 37.3 Å². The van der Waals surface area contributed by atoms with Gasteiger partial charge in [0.25, 0.3) is 10.0 Å². The lowest BCUT2D eigenvalue weighted by Gasteiger charge is -2.23. The zero-order valence-electron chi connectivity index (χ0n) is 14.7. The van der Waals surface area contributed by atoms with E-state index in [2.05, 4.69) is 0 Å². The Balaban J connectivity index is 2.38. The lowest BCUT2D eigenvalue weighted by atomic mass is 10.2. The molecule has 0 saturated carbocycles. The van der Waals surface area contributed by atoms with Gasteiger partial charge in [-0.2, -0.15) is 4.39 Å². The number of halogens is 1. The summed E-state index contributed by atoms with van der Waals surface area (Å²) in [7, 11) is -3.96. The summed E-state index contributed by atoms with van der Waals surface area (Å²) in [5.41, 5.74) is 1.68. The first-order valence-corrected chi connectivity index (χ1v) is 9.88. The molecule has 0 spiro atoms. The first kappa shape index (κ1) is 19.2. The number of unbranched alkanes of at least 4 members (excludes halogenated alkanes) is 2. The predicted molar refractivity (Wildman–Crippen MR) is 99.1 cm³/mol. The average molecular weight is 361 g/mol. The summed E-state index contributed by atoms with van der Waals surface area (Å²) in [5, 5.41) is 0. The molecule has 0 bridgehead atoms. The molecule has 0 N–H and O–H groups in total. The van der Waals surface area contributed by atoms with Gasteiger partial charge >= 0.3 is 0 Å². The molecule has 2 aromatic rings. The van der Waals surface area contributed by atoms with E-state index in [9.17, 15) is 12.8 Å². The minimum absolute atomic E-state index is 0.0362. The molecule has 3 nitrogen and oxygen atoms in total. The average Bonchev–Trinajstić information content (AvgIpc) is 2.61. The van der Waals surface area contributed by atoms with Crippen LogP contribution in [-0.2, 0) is 16.6 Å². The lowest BCUT2D eigenvalue weighted by molar-refractivity contribution is 0.376. The normalized spacial score (nSPS) is 12.2. The maximum absolute atomic E-state index is 14.7. The molecule has 0 aliphatic carbocycles. The number of aryl methyl sites for hydroxylation is 1. The number of hydrogen-bond donors (Lipinski definition) is 0. The van der Waals surface area contributed by atoms with Crippen molar-refractivity contribution in [1.29, 1.82) is 0 Å². The van der Waals surface area contributed by atoms with Crippen LogP contribution in [0.5, 0.6) is 0 Å². The summed E-state index contributed by atoms with van der Waals surface area (Å²) >= 11 is 0. The molecule has 0 aliphatic rings. The van der Waals surface area contributed by atoms with E-state index < -0.39 is 16.0 Å². The number of sulfonamides is 1. The van der Waals surface area contributed by atoms with Gasteiger partial charge < -0.3 is 0 Å². The Bertz CT molecular complexity index is 799. The molecular formula is C20H24FNO2S. The van der Waals surface area contributed by atoms with Crippen LogP contribution in [0, 0.1) is 6.92 Å². The van der Waals surface area contributed by atoms with Crippen molar-refractivity contribution in [1.82, 2.24) is 4.31 Å². The quantitative estimate of drug-likeness (QED) is 0.479. The standard InChI is InChI=1S/C20H24FNO2S/c1-3-4-6-11-20(21)22(16-18-9-7-5-8-10-18)25(23,24)19-14-12-17(2)13-15-19/h5,7-15H,3-4,6,16H2,1-2H3/b20-11+. The molecule has 2 aromatic carbocycles. The zero-order chi connectivity index (χ0) is 18.3. The van der Waals surface area contributed by atoms with E-state index in [1.165, 1.54) is 18.2 Å². The second-order valence-electron chi connectivity index (χ2n) is 5.98. The van der Waals surface area contributed by atoms with Crippen LogP contribution < -0.4 is 0 Å². The van der Waals surface area contributed by atoms with Crippen molar-refractivity contribution in [2.75, 3.05) is 0 Å². The van der Waals surface area contributed by atoms with Gasteiger partial charge in [-0.15, -0.1) is 0 Å².